The predicted octanol–water partition coefficient (Wildman–Crippen LogP) is 3.97. The highest BCUT2D eigenvalue weighted by atomic mass is 32.2. The third-order valence-corrected chi connectivity index (χ3v) is 4.63. The van der Waals surface area contributed by atoms with Crippen LogP contribution in [0.3, 0.4) is 0 Å². The first-order valence-electron chi connectivity index (χ1n) is 6.26. The largest absolute Gasteiger partial charge is 0.284 e. The fourth-order valence-corrected chi connectivity index (χ4v) is 3.61. The van der Waals surface area contributed by atoms with Crippen molar-refractivity contribution in [3.05, 3.63) is 3.95 Å². The van der Waals surface area contributed by atoms with Crippen LogP contribution in [0.2, 0.25) is 0 Å². The Bertz CT molecular complexity index is 399. The van der Waals surface area contributed by atoms with E-state index in [4.69, 9.17) is 12.2 Å². The highest BCUT2D eigenvalue weighted by molar-refractivity contribution is 8.00. The van der Waals surface area contributed by atoms with Crippen molar-refractivity contribution < 1.29 is 0 Å². The van der Waals surface area contributed by atoms with E-state index in [1.165, 1.54) is 0 Å². The second kappa shape index (κ2) is 7.62. The van der Waals surface area contributed by atoms with E-state index in [2.05, 4.69) is 37.7 Å². The summed E-state index contributed by atoms with van der Waals surface area (Å²) < 4.78 is 3.88. The van der Waals surface area contributed by atoms with Crippen LogP contribution in [0.4, 0.5) is 0 Å². The van der Waals surface area contributed by atoms with Gasteiger partial charge >= 0.3 is 0 Å². The molecule has 1 aromatic rings. The van der Waals surface area contributed by atoms with Crippen LogP contribution in [0.5, 0.6) is 0 Å². The molecule has 0 amide bonds. The fraction of sp³-hybridized carbons (Fsp3) is 0.833. The monoisotopic (exact) mass is 305 g/mol. The Labute approximate surface area is 124 Å². The lowest BCUT2D eigenvalue weighted by Crippen LogP contribution is -2.33. The maximum atomic E-state index is 5.36. The summed E-state index contributed by atoms with van der Waals surface area (Å²) in [5, 5.41) is 4.53. The lowest BCUT2D eigenvalue weighted by Gasteiger charge is -2.25. The normalized spacial score (nSPS) is 12.0. The topological polar surface area (TPSA) is 21.1 Å². The van der Waals surface area contributed by atoms with Crippen LogP contribution in [0.25, 0.3) is 0 Å². The van der Waals surface area contributed by atoms with E-state index in [0.29, 0.717) is 11.8 Å². The van der Waals surface area contributed by atoms with Gasteiger partial charge in [0.15, 0.2) is 8.29 Å². The summed E-state index contributed by atoms with van der Waals surface area (Å²) in [6, 6.07) is 0. The molecule has 1 heterocycles. The van der Waals surface area contributed by atoms with Gasteiger partial charge in [-0.05, 0) is 30.3 Å². The lowest BCUT2D eigenvalue weighted by atomic mass is 10.1. The smallest absolute Gasteiger partial charge is 0.181 e. The van der Waals surface area contributed by atoms with Crippen molar-refractivity contribution in [1.82, 2.24) is 14.7 Å². The second-order valence-corrected chi connectivity index (χ2v) is 7.98. The molecule has 104 valence electrons. The molecule has 0 aliphatic heterocycles. The van der Waals surface area contributed by atoms with E-state index in [1.807, 2.05) is 10.9 Å². The molecule has 0 N–H and O–H groups in total. The number of rotatable bonds is 7. The van der Waals surface area contributed by atoms with Crippen LogP contribution in [0.15, 0.2) is 4.34 Å². The number of aromatic nitrogens is 2. The van der Waals surface area contributed by atoms with Crippen molar-refractivity contribution >= 4 is 35.3 Å². The molecule has 0 radical (unpaired) electrons. The first-order chi connectivity index (χ1) is 8.42. The van der Waals surface area contributed by atoms with E-state index in [-0.39, 0.29) is 0 Å². The summed E-state index contributed by atoms with van der Waals surface area (Å²) in [6.07, 6.45) is 2.04. The standard InChI is InChI=1S/C12H23N3S3/c1-9(2)6-14(7-10(3)4)8-15-12(16)18-11(13-15)17-5/h9-10H,6-8H2,1-5H3. The molecule has 0 bridgehead atoms. The minimum absolute atomic E-state index is 0.663. The number of hydrogen-bond acceptors (Lipinski definition) is 5. The zero-order valence-electron chi connectivity index (χ0n) is 11.8. The molecule has 3 nitrogen and oxygen atoms in total. The van der Waals surface area contributed by atoms with Gasteiger partial charge in [0.2, 0.25) is 0 Å². The molecule has 0 aliphatic rings. The van der Waals surface area contributed by atoms with Gasteiger partial charge in [0.05, 0.1) is 6.67 Å². The summed E-state index contributed by atoms with van der Waals surface area (Å²) in [7, 11) is 0. The van der Waals surface area contributed by atoms with Crippen LogP contribution in [0.1, 0.15) is 27.7 Å². The molecule has 0 atom stereocenters. The molecule has 0 saturated carbocycles. The Morgan fingerprint density at radius 2 is 1.83 bits per heavy atom. The maximum absolute atomic E-state index is 5.36. The van der Waals surface area contributed by atoms with Gasteiger partial charge in [-0.15, -0.1) is 0 Å². The highest BCUT2D eigenvalue weighted by Crippen LogP contribution is 2.19. The first-order valence-corrected chi connectivity index (χ1v) is 8.71. The van der Waals surface area contributed by atoms with E-state index in [1.54, 1.807) is 23.1 Å². The molecular formula is C12H23N3S3. The van der Waals surface area contributed by atoms with Crippen LogP contribution in [0, 0.1) is 15.8 Å². The third kappa shape index (κ3) is 5.38. The minimum Gasteiger partial charge on any atom is -0.284 e. The van der Waals surface area contributed by atoms with Crippen molar-refractivity contribution in [2.45, 2.75) is 38.7 Å². The first kappa shape index (κ1) is 16.1. The van der Waals surface area contributed by atoms with Crippen LogP contribution >= 0.6 is 35.3 Å². The number of hydrogen-bond donors (Lipinski definition) is 0. The molecular weight excluding hydrogens is 282 g/mol. The number of thioether (sulfide) groups is 1. The van der Waals surface area contributed by atoms with Crippen molar-refractivity contribution in [3.63, 3.8) is 0 Å². The molecule has 6 heteroatoms. The van der Waals surface area contributed by atoms with Crippen LogP contribution in [-0.4, -0.2) is 34.0 Å². The van der Waals surface area contributed by atoms with Crippen LogP contribution in [-0.2, 0) is 6.67 Å². The summed E-state index contributed by atoms with van der Waals surface area (Å²) in [6.45, 7) is 12.0. The van der Waals surface area contributed by atoms with E-state index >= 15 is 0 Å². The third-order valence-electron chi connectivity index (χ3n) is 2.34. The summed E-state index contributed by atoms with van der Waals surface area (Å²) in [5.74, 6) is 1.33. The minimum atomic E-state index is 0.663. The Morgan fingerprint density at radius 3 is 2.22 bits per heavy atom. The average molecular weight is 306 g/mol. The van der Waals surface area contributed by atoms with Crippen LogP contribution < -0.4 is 0 Å². The predicted molar refractivity (Wildman–Crippen MR) is 84.0 cm³/mol. The van der Waals surface area contributed by atoms with Gasteiger partial charge in [0.25, 0.3) is 0 Å². The Morgan fingerprint density at radius 1 is 1.28 bits per heavy atom. The highest BCUT2D eigenvalue weighted by Gasteiger charge is 2.12. The van der Waals surface area contributed by atoms with Gasteiger partial charge in [-0.3, -0.25) is 4.90 Å². The zero-order chi connectivity index (χ0) is 13.7. The Hall–Kier alpha value is 0.0900. The zero-order valence-corrected chi connectivity index (χ0v) is 14.3. The van der Waals surface area contributed by atoms with Gasteiger partial charge in [-0.2, -0.15) is 5.10 Å². The van der Waals surface area contributed by atoms with E-state index in [0.717, 1.165) is 28.1 Å². The SMILES string of the molecule is CSc1nn(CN(CC(C)C)CC(C)C)c(=S)s1. The van der Waals surface area contributed by atoms with Gasteiger partial charge in [-0.1, -0.05) is 50.8 Å². The maximum Gasteiger partial charge on any atom is 0.181 e. The van der Waals surface area contributed by atoms with Crippen molar-refractivity contribution in [2.75, 3.05) is 19.3 Å². The van der Waals surface area contributed by atoms with Crippen molar-refractivity contribution in [3.8, 4) is 0 Å². The van der Waals surface area contributed by atoms with E-state index < -0.39 is 0 Å². The molecule has 0 saturated heterocycles. The molecule has 1 rings (SSSR count). The summed E-state index contributed by atoms with van der Waals surface area (Å²) in [4.78, 5) is 2.44. The summed E-state index contributed by atoms with van der Waals surface area (Å²) >= 11 is 8.62. The molecule has 0 unspecified atom stereocenters. The average Bonchev–Trinajstić information content (AvgIpc) is 2.57. The Kier molecular flexibility index (Phi) is 6.84. The number of nitrogens with zero attached hydrogens (tertiary/aromatic N) is 3. The van der Waals surface area contributed by atoms with E-state index in [9.17, 15) is 0 Å². The van der Waals surface area contributed by atoms with Gasteiger partial charge in [-0.25, -0.2) is 4.68 Å². The molecule has 0 aromatic carbocycles. The second-order valence-electron chi connectivity index (χ2n) is 5.30. The fourth-order valence-electron chi connectivity index (χ4n) is 1.87. The quantitative estimate of drug-likeness (QED) is 0.561. The molecule has 0 fully saturated rings. The van der Waals surface area contributed by atoms with Gasteiger partial charge < -0.3 is 0 Å². The molecule has 0 aliphatic carbocycles. The lowest BCUT2D eigenvalue weighted by molar-refractivity contribution is 0.164. The summed E-state index contributed by atoms with van der Waals surface area (Å²) in [5.41, 5.74) is 0. The molecule has 18 heavy (non-hydrogen) atoms. The Balaban J connectivity index is 2.74. The van der Waals surface area contributed by atoms with Crippen molar-refractivity contribution in [1.29, 1.82) is 0 Å². The van der Waals surface area contributed by atoms with Crippen molar-refractivity contribution in [2.24, 2.45) is 11.8 Å². The van der Waals surface area contributed by atoms with Gasteiger partial charge in [0, 0.05) is 13.1 Å². The molecule has 1 aromatic heterocycles. The van der Waals surface area contributed by atoms with Gasteiger partial charge in [0.1, 0.15) is 0 Å². The molecule has 0 spiro atoms.